The van der Waals surface area contributed by atoms with Crippen molar-refractivity contribution in [2.45, 2.75) is 39.8 Å². The van der Waals surface area contributed by atoms with E-state index in [1.165, 1.54) is 0 Å². The van der Waals surface area contributed by atoms with Crippen LogP contribution in [0.25, 0.3) is 0 Å². The quantitative estimate of drug-likeness (QED) is 0.813. The summed E-state index contributed by atoms with van der Waals surface area (Å²) in [5.41, 5.74) is 1.80. The molecule has 1 aromatic carbocycles. The Morgan fingerprint density at radius 3 is 2.95 bits per heavy atom. The van der Waals surface area contributed by atoms with Crippen molar-refractivity contribution in [1.82, 2.24) is 10.1 Å². The Kier molecular flexibility index (Phi) is 5.12. The van der Waals surface area contributed by atoms with E-state index in [0.717, 1.165) is 29.9 Å². The summed E-state index contributed by atoms with van der Waals surface area (Å²) in [6, 6.07) is 7.61. The Balaban J connectivity index is 1.87. The number of aromatic nitrogens is 2. The lowest BCUT2D eigenvalue weighted by Gasteiger charge is -2.04. The second-order valence-corrected chi connectivity index (χ2v) is 5.25. The summed E-state index contributed by atoms with van der Waals surface area (Å²) in [5, 5.41) is 16.3. The van der Waals surface area contributed by atoms with Crippen LogP contribution in [0, 0.1) is 5.92 Å². The van der Waals surface area contributed by atoms with Crippen LogP contribution in [-0.2, 0) is 19.6 Å². The van der Waals surface area contributed by atoms with Gasteiger partial charge >= 0.3 is 0 Å². The van der Waals surface area contributed by atoms with Crippen LogP contribution < -0.4 is 5.32 Å². The third-order valence-corrected chi connectivity index (χ3v) is 3.01. The van der Waals surface area contributed by atoms with Gasteiger partial charge in [0.05, 0.1) is 13.2 Å². The maximum atomic E-state index is 9.09. The number of aliphatic hydroxyl groups excluding tert-OH is 1. The number of hydrogen-bond acceptors (Lipinski definition) is 5. The van der Waals surface area contributed by atoms with Crippen molar-refractivity contribution in [2.75, 3.05) is 5.32 Å². The molecule has 0 radical (unpaired) electrons. The van der Waals surface area contributed by atoms with Crippen molar-refractivity contribution in [3.05, 3.63) is 41.5 Å². The lowest BCUT2D eigenvalue weighted by Crippen LogP contribution is -2.01. The molecule has 1 heterocycles. The van der Waals surface area contributed by atoms with Crippen LogP contribution in [0.4, 0.5) is 5.69 Å². The number of aliphatic hydroxyl groups is 1. The van der Waals surface area contributed by atoms with E-state index in [2.05, 4.69) is 29.3 Å². The highest BCUT2D eigenvalue weighted by Crippen LogP contribution is 2.12. The topological polar surface area (TPSA) is 71.2 Å². The van der Waals surface area contributed by atoms with E-state index in [9.17, 15) is 0 Å². The van der Waals surface area contributed by atoms with Gasteiger partial charge in [0.1, 0.15) is 0 Å². The summed E-state index contributed by atoms with van der Waals surface area (Å²) < 4.78 is 5.20. The molecule has 0 aliphatic heterocycles. The van der Waals surface area contributed by atoms with Crippen molar-refractivity contribution >= 4 is 5.69 Å². The average Bonchev–Trinajstić information content (AvgIpc) is 2.91. The Morgan fingerprint density at radius 1 is 1.35 bits per heavy atom. The van der Waals surface area contributed by atoms with E-state index >= 15 is 0 Å². The van der Waals surface area contributed by atoms with Gasteiger partial charge in [0.15, 0.2) is 5.82 Å². The summed E-state index contributed by atoms with van der Waals surface area (Å²) in [7, 11) is 0. The summed E-state index contributed by atoms with van der Waals surface area (Å²) in [6.07, 6.45) is 1.91. The minimum absolute atomic E-state index is 0.0371. The Hall–Kier alpha value is -1.88. The zero-order chi connectivity index (χ0) is 14.4. The molecule has 2 rings (SSSR count). The van der Waals surface area contributed by atoms with Crippen LogP contribution in [0.3, 0.4) is 0 Å². The van der Waals surface area contributed by atoms with Gasteiger partial charge in [0, 0.05) is 12.1 Å². The molecule has 5 heteroatoms. The van der Waals surface area contributed by atoms with Gasteiger partial charge in [-0.1, -0.05) is 31.1 Å². The highest BCUT2D eigenvalue weighted by Gasteiger charge is 2.07. The van der Waals surface area contributed by atoms with Gasteiger partial charge in [0.25, 0.3) is 0 Å². The van der Waals surface area contributed by atoms with Gasteiger partial charge in [-0.05, 0) is 30.0 Å². The third-order valence-electron chi connectivity index (χ3n) is 3.01. The first-order valence-electron chi connectivity index (χ1n) is 6.92. The van der Waals surface area contributed by atoms with Gasteiger partial charge in [-0.15, -0.1) is 0 Å². The van der Waals surface area contributed by atoms with E-state index in [1.807, 2.05) is 24.3 Å². The number of benzene rings is 1. The molecule has 0 saturated carbocycles. The zero-order valence-electron chi connectivity index (χ0n) is 12.0. The minimum Gasteiger partial charge on any atom is -0.392 e. The number of nitrogens with one attached hydrogen (secondary N) is 1. The van der Waals surface area contributed by atoms with E-state index in [-0.39, 0.29) is 6.61 Å². The standard InChI is InChI=1S/C15H21N3O2/c1-11(2)6-7-14-17-15(20-18-14)9-16-13-5-3-4-12(8-13)10-19/h3-5,8,11,16,19H,6-7,9-10H2,1-2H3. The fourth-order valence-electron chi connectivity index (χ4n) is 1.84. The second-order valence-electron chi connectivity index (χ2n) is 5.25. The smallest absolute Gasteiger partial charge is 0.245 e. The van der Waals surface area contributed by atoms with Gasteiger partial charge in [-0.2, -0.15) is 4.98 Å². The molecule has 5 nitrogen and oxygen atoms in total. The summed E-state index contributed by atoms with van der Waals surface area (Å²) in [6.45, 7) is 4.88. The molecule has 0 unspecified atom stereocenters. The maximum Gasteiger partial charge on any atom is 0.245 e. The maximum absolute atomic E-state index is 9.09. The largest absolute Gasteiger partial charge is 0.392 e. The summed E-state index contributed by atoms with van der Waals surface area (Å²) >= 11 is 0. The molecule has 0 bridgehead atoms. The van der Waals surface area contributed by atoms with Crippen LogP contribution in [0.15, 0.2) is 28.8 Å². The van der Waals surface area contributed by atoms with Crippen molar-refractivity contribution < 1.29 is 9.63 Å². The highest BCUT2D eigenvalue weighted by atomic mass is 16.5. The lowest BCUT2D eigenvalue weighted by atomic mass is 10.1. The minimum atomic E-state index is 0.0371. The summed E-state index contributed by atoms with van der Waals surface area (Å²) in [5.74, 6) is 1.98. The first-order chi connectivity index (χ1) is 9.67. The molecule has 1 aromatic heterocycles. The van der Waals surface area contributed by atoms with Crippen LogP contribution in [0.2, 0.25) is 0 Å². The van der Waals surface area contributed by atoms with E-state index < -0.39 is 0 Å². The van der Waals surface area contributed by atoms with E-state index in [0.29, 0.717) is 18.4 Å². The monoisotopic (exact) mass is 275 g/mol. The molecule has 0 fully saturated rings. The van der Waals surface area contributed by atoms with Gasteiger partial charge in [-0.3, -0.25) is 0 Å². The number of nitrogens with zero attached hydrogens (tertiary/aromatic N) is 2. The fraction of sp³-hybridized carbons (Fsp3) is 0.467. The molecule has 0 saturated heterocycles. The Labute approximate surface area is 119 Å². The number of hydrogen-bond donors (Lipinski definition) is 2. The van der Waals surface area contributed by atoms with Crippen LogP contribution in [-0.4, -0.2) is 15.2 Å². The van der Waals surface area contributed by atoms with Crippen molar-refractivity contribution in [2.24, 2.45) is 5.92 Å². The predicted molar refractivity (Wildman–Crippen MR) is 77.1 cm³/mol. The fourth-order valence-corrected chi connectivity index (χ4v) is 1.84. The third kappa shape index (κ3) is 4.35. The molecule has 20 heavy (non-hydrogen) atoms. The molecule has 2 aromatic rings. The summed E-state index contributed by atoms with van der Waals surface area (Å²) in [4.78, 5) is 4.35. The SMILES string of the molecule is CC(C)CCc1noc(CNc2cccc(CO)c2)n1. The molecule has 0 aliphatic carbocycles. The first kappa shape index (κ1) is 14.5. The normalized spacial score (nSPS) is 11.0. The zero-order valence-corrected chi connectivity index (χ0v) is 12.0. The molecular weight excluding hydrogens is 254 g/mol. The average molecular weight is 275 g/mol. The molecule has 0 amide bonds. The molecule has 108 valence electrons. The van der Waals surface area contributed by atoms with Gasteiger partial charge in [-0.25, -0.2) is 0 Å². The Morgan fingerprint density at radius 2 is 2.20 bits per heavy atom. The van der Waals surface area contributed by atoms with Crippen molar-refractivity contribution in [3.63, 3.8) is 0 Å². The highest BCUT2D eigenvalue weighted by molar-refractivity contribution is 5.45. The molecule has 0 spiro atoms. The van der Waals surface area contributed by atoms with E-state index in [4.69, 9.17) is 9.63 Å². The van der Waals surface area contributed by atoms with Crippen molar-refractivity contribution in [1.29, 1.82) is 0 Å². The van der Waals surface area contributed by atoms with Crippen LogP contribution >= 0.6 is 0 Å². The molecule has 0 atom stereocenters. The molecule has 2 N–H and O–H groups in total. The van der Waals surface area contributed by atoms with Crippen LogP contribution in [0.5, 0.6) is 0 Å². The molecular formula is C15H21N3O2. The molecule has 0 aliphatic rings. The number of anilines is 1. The number of rotatable bonds is 7. The van der Waals surface area contributed by atoms with Gasteiger partial charge < -0.3 is 14.9 Å². The van der Waals surface area contributed by atoms with Gasteiger partial charge in [0.2, 0.25) is 5.89 Å². The predicted octanol–water partition coefficient (Wildman–Crippen LogP) is 2.76. The first-order valence-corrected chi connectivity index (χ1v) is 6.92. The Bertz CT molecular complexity index is 537. The lowest BCUT2D eigenvalue weighted by molar-refractivity contribution is 0.282. The second kappa shape index (κ2) is 7.05. The van der Waals surface area contributed by atoms with Crippen LogP contribution in [0.1, 0.15) is 37.5 Å². The van der Waals surface area contributed by atoms with E-state index in [1.54, 1.807) is 0 Å². The number of aryl methyl sites for hydroxylation is 1. The van der Waals surface area contributed by atoms with Crippen molar-refractivity contribution in [3.8, 4) is 0 Å².